The molecule has 3 N–H and O–H groups in total. The summed E-state index contributed by atoms with van der Waals surface area (Å²) in [5, 5.41) is 3.03. The second kappa shape index (κ2) is 10.7. The predicted octanol–water partition coefficient (Wildman–Crippen LogP) is 2.19. The fourth-order valence-corrected chi connectivity index (χ4v) is 3.28. The lowest BCUT2D eigenvalue weighted by Gasteiger charge is -2.36. The Kier molecular flexibility index (Phi) is 8.59. The molecule has 3 rings (SSSR count). The summed E-state index contributed by atoms with van der Waals surface area (Å²) in [5.74, 6) is 1.02. The first-order chi connectivity index (χ1) is 12.6. The lowest BCUT2D eigenvalue weighted by molar-refractivity contribution is -0.131. The quantitative estimate of drug-likeness (QED) is 0.365. The van der Waals surface area contributed by atoms with Crippen molar-refractivity contribution in [1.82, 2.24) is 10.2 Å². The van der Waals surface area contributed by atoms with E-state index in [1.54, 1.807) is 12.1 Å². The van der Waals surface area contributed by atoms with Crippen LogP contribution < -0.4 is 16.0 Å². The molecule has 0 atom stereocenters. The van der Waals surface area contributed by atoms with E-state index in [-0.39, 0.29) is 35.7 Å². The molecule has 1 amide bonds. The number of hydrogen-bond donors (Lipinski definition) is 2. The Morgan fingerprint density at radius 2 is 1.85 bits per heavy atom. The number of guanidine groups is 1. The van der Waals surface area contributed by atoms with Crippen LogP contribution in [0.4, 0.5) is 10.1 Å². The fourth-order valence-electron chi connectivity index (χ4n) is 3.28. The molecule has 0 spiro atoms. The molecule has 27 heavy (non-hydrogen) atoms. The molecule has 1 saturated carbocycles. The van der Waals surface area contributed by atoms with Gasteiger partial charge < -0.3 is 20.9 Å². The zero-order valence-electron chi connectivity index (χ0n) is 15.6. The number of nitrogens with zero attached hydrogens (tertiary/aromatic N) is 3. The van der Waals surface area contributed by atoms with E-state index >= 15 is 0 Å². The molecule has 0 unspecified atom stereocenters. The van der Waals surface area contributed by atoms with E-state index in [0.717, 1.165) is 25.3 Å². The van der Waals surface area contributed by atoms with Crippen molar-refractivity contribution in [3.63, 3.8) is 0 Å². The SMILES string of the molecule is I.NC(=NCC1CCC1)NCCC(=O)N1CCN(c2ccc(F)cc2)CC1. The van der Waals surface area contributed by atoms with Gasteiger partial charge in [-0.2, -0.15) is 0 Å². The van der Waals surface area contributed by atoms with Crippen LogP contribution in [0, 0.1) is 11.7 Å². The van der Waals surface area contributed by atoms with E-state index in [1.165, 1.54) is 31.4 Å². The molecule has 1 heterocycles. The second-order valence-electron chi connectivity index (χ2n) is 7.04. The molecule has 6 nitrogen and oxygen atoms in total. The van der Waals surface area contributed by atoms with Gasteiger partial charge in [-0.15, -0.1) is 24.0 Å². The van der Waals surface area contributed by atoms with Crippen LogP contribution in [-0.2, 0) is 4.79 Å². The van der Waals surface area contributed by atoms with Crippen LogP contribution in [0.1, 0.15) is 25.7 Å². The zero-order valence-corrected chi connectivity index (χ0v) is 17.9. The average molecular weight is 489 g/mol. The average Bonchev–Trinajstić information content (AvgIpc) is 2.61. The van der Waals surface area contributed by atoms with Crippen molar-refractivity contribution >= 4 is 41.5 Å². The van der Waals surface area contributed by atoms with E-state index in [2.05, 4.69) is 15.2 Å². The number of rotatable bonds is 6. The van der Waals surface area contributed by atoms with E-state index in [9.17, 15) is 9.18 Å². The Hall–Kier alpha value is -1.58. The van der Waals surface area contributed by atoms with Gasteiger partial charge in [0, 0.05) is 51.4 Å². The summed E-state index contributed by atoms with van der Waals surface area (Å²) in [6.45, 7) is 4.18. The number of carbonyl (C=O) groups is 1. The van der Waals surface area contributed by atoms with Crippen molar-refractivity contribution in [2.45, 2.75) is 25.7 Å². The topological polar surface area (TPSA) is 74.0 Å². The first kappa shape index (κ1) is 21.7. The number of halogens is 2. The first-order valence-electron chi connectivity index (χ1n) is 9.44. The lowest BCUT2D eigenvalue weighted by Crippen LogP contribution is -2.49. The highest BCUT2D eigenvalue weighted by molar-refractivity contribution is 14.0. The van der Waals surface area contributed by atoms with Crippen molar-refractivity contribution in [1.29, 1.82) is 0 Å². The molecule has 0 aromatic heterocycles. The van der Waals surface area contributed by atoms with Gasteiger partial charge in [-0.1, -0.05) is 6.42 Å². The van der Waals surface area contributed by atoms with Crippen LogP contribution in [0.3, 0.4) is 0 Å². The third-order valence-corrected chi connectivity index (χ3v) is 5.21. The molecule has 1 aromatic rings. The molecular weight excluding hydrogens is 460 g/mol. The summed E-state index contributed by atoms with van der Waals surface area (Å²) in [4.78, 5) is 20.7. The summed E-state index contributed by atoms with van der Waals surface area (Å²) in [7, 11) is 0. The van der Waals surface area contributed by atoms with Gasteiger partial charge in [0.25, 0.3) is 0 Å². The summed E-state index contributed by atoms with van der Waals surface area (Å²) >= 11 is 0. The van der Waals surface area contributed by atoms with Crippen molar-refractivity contribution in [2.24, 2.45) is 16.6 Å². The third-order valence-electron chi connectivity index (χ3n) is 5.21. The van der Waals surface area contributed by atoms with E-state index < -0.39 is 0 Å². The van der Waals surface area contributed by atoms with Crippen LogP contribution in [0.2, 0.25) is 0 Å². The molecule has 1 aromatic carbocycles. The van der Waals surface area contributed by atoms with Gasteiger partial charge in [0.1, 0.15) is 5.82 Å². The van der Waals surface area contributed by atoms with Crippen LogP contribution in [0.25, 0.3) is 0 Å². The number of anilines is 1. The van der Waals surface area contributed by atoms with Crippen LogP contribution >= 0.6 is 24.0 Å². The molecule has 1 saturated heterocycles. The molecule has 150 valence electrons. The van der Waals surface area contributed by atoms with Crippen molar-refractivity contribution < 1.29 is 9.18 Å². The number of carbonyl (C=O) groups excluding carboxylic acids is 1. The molecule has 2 aliphatic rings. The van der Waals surface area contributed by atoms with Gasteiger partial charge in [-0.25, -0.2) is 4.39 Å². The Morgan fingerprint density at radius 3 is 2.44 bits per heavy atom. The van der Waals surface area contributed by atoms with E-state index in [1.807, 2.05) is 4.90 Å². The monoisotopic (exact) mass is 489 g/mol. The van der Waals surface area contributed by atoms with Crippen LogP contribution in [-0.4, -0.2) is 56.0 Å². The summed E-state index contributed by atoms with van der Waals surface area (Å²) in [6.07, 6.45) is 4.21. The second-order valence-corrected chi connectivity index (χ2v) is 7.04. The highest BCUT2D eigenvalue weighted by atomic mass is 127. The Balaban J connectivity index is 0.00000261. The Bertz CT molecular complexity index is 627. The van der Waals surface area contributed by atoms with Crippen molar-refractivity contribution in [2.75, 3.05) is 44.2 Å². The number of nitrogens with two attached hydrogens (primary N) is 1. The zero-order chi connectivity index (χ0) is 18.4. The minimum absolute atomic E-state index is 0. The van der Waals surface area contributed by atoms with Crippen LogP contribution in [0.5, 0.6) is 0 Å². The number of hydrogen-bond acceptors (Lipinski definition) is 3. The number of amides is 1. The fraction of sp³-hybridized carbons (Fsp3) is 0.579. The lowest BCUT2D eigenvalue weighted by atomic mass is 9.86. The maximum atomic E-state index is 13.0. The maximum Gasteiger partial charge on any atom is 0.224 e. The molecule has 1 aliphatic carbocycles. The Labute approximate surface area is 177 Å². The largest absolute Gasteiger partial charge is 0.370 e. The smallest absolute Gasteiger partial charge is 0.224 e. The predicted molar refractivity (Wildman–Crippen MR) is 117 cm³/mol. The number of aliphatic imine (C=N–C) groups is 1. The summed E-state index contributed by atoms with van der Waals surface area (Å²) in [6, 6.07) is 6.50. The standard InChI is InChI=1S/C19H28FN5O.HI/c20-16-4-6-17(7-5-16)24-10-12-25(13-11-24)18(26)8-9-22-19(21)23-14-15-2-1-3-15;/h4-7,15H,1-3,8-14H2,(H3,21,22,23);1H. The molecule has 0 radical (unpaired) electrons. The molecule has 8 heteroatoms. The summed E-state index contributed by atoms with van der Waals surface area (Å²) < 4.78 is 13.0. The first-order valence-corrected chi connectivity index (χ1v) is 9.44. The third kappa shape index (κ3) is 6.51. The number of piperazine rings is 1. The van der Waals surface area contributed by atoms with E-state index in [4.69, 9.17) is 5.73 Å². The Morgan fingerprint density at radius 1 is 1.19 bits per heavy atom. The van der Waals surface area contributed by atoms with Crippen molar-refractivity contribution in [3.8, 4) is 0 Å². The molecule has 1 aliphatic heterocycles. The number of nitrogens with one attached hydrogen (secondary N) is 1. The number of benzene rings is 1. The highest BCUT2D eigenvalue weighted by Gasteiger charge is 2.21. The molecule has 0 bridgehead atoms. The van der Waals surface area contributed by atoms with E-state index in [0.29, 0.717) is 37.9 Å². The van der Waals surface area contributed by atoms with Gasteiger partial charge in [0.2, 0.25) is 5.91 Å². The van der Waals surface area contributed by atoms with Gasteiger partial charge in [-0.05, 0) is 43.0 Å². The minimum Gasteiger partial charge on any atom is -0.370 e. The van der Waals surface area contributed by atoms with Gasteiger partial charge >= 0.3 is 0 Å². The highest BCUT2D eigenvalue weighted by Crippen LogP contribution is 2.26. The normalized spacial score (nSPS) is 17.9. The van der Waals surface area contributed by atoms with Crippen molar-refractivity contribution in [3.05, 3.63) is 30.1 Å². The van der Waals surface area contributed by atoms with Crippen LogP contribution in [0.15, 0.2) is 29.3 Å². The minimum atomic E-state index is -0.231. The van der Waals surface area contributed by atoms with Gasteiger partial charge in [-0.3, -0.25) is 9.79 Å². The van der Waals surface area contributed by atoms with Gasteiger partial charge in [0.15, 0.2) is 5.96 Å². The maximum absolute atomic E-state index is 13.0. The molecule has 2 fully saturated rings. The molecular formula is C19H29FIN5O. The summed E-state index contributed by atoms with van der Waals surface area (Å²) in [5.41, 5.74) is 6.84. The van der Waals surface area contributed by atoms with Gasteiger partial charge in [0.05, 0.1) is 0 Å².